The van der Waals surface area contributed by atoms with Crippen LogP contribution in [0.25, 0.3) is 11.0 Å². The van der Waals surface area contributed by atoms with Gasteiger partial charge in [0.15, 0.2) is 5.78 Å². The van der Waals surface area contributed by atoms with Gasteiger partial charge < -0.3 is 9.15 Å². The average molecular weight is 336 g/mol. The van der Waals surface area contributed by atoms with Gasteiger partial charge in [0.05, 0.1) is 5.56 Å². The van der Waals surface area contributed by atoms with Crippen molar-refractivity contribution in [2.24, 2.45) is 0 Å². The summed E-state index contributed by atoms with van der Waals surface area (Å²) >= 11 is 0. The Morgan fingerprint density at radius 1 is 1.32 bits per heavy atom. The largest absolute Gasteiger partial charge is 0.478 e. The molecule has 0 saturated carbocycles. The van der Waals surface area contributed by atoms with E-state index >= 15 is 0 Å². The molecule has 0 fully saturated rings. The lowest BCUT2D eigenvalue weighted by Crippen LogP contribution is -2.31. The molecular weight excluding hydrogens is 320 g/mol. The second-order valence-electron chi connectivity index (χ2n) is 6.09. The summed E-state index contributed by atoms with van der Waals surface area (Å²) in [6, 6.07) is 9.14. The fourth-order valence-corrected chi connectivity index (χ4v) is 3.04. The molecule has 3 aromatic rings. The van der Waals surface area contributed by atoms with Crippen LogP contribution in [0.4, 0.5) is 0 Å². The van der Waals surface area contributed by atoms with Crippen molar-refractivity contribution in [2.45, 2.75) is 20.0 Å². The summed E-state index contributed by atoms with van der Waals surface area (Å²) in [7, 11) is 0. The molecule has 0 atom stereocenters. The number of benzene rings is 1. The van der Waals surface area contributed by atoms with Crippen LogP contribution in [0.15, 0.2) is 51.9 Å². The van der Waals surface area contributed by atoms with Gasteiger partial charge in [0.25, 0.3) is 0 Å². The number of hydrogen-bond donors (Lipinski definition) is 0. The number of rotatable bonds is 3. The number of fused-ring (bicyclic) bond motifs is 3. The van der Waals surface area contributed by atoms with Crippen molar-refractivity contribution >= 4 is 16.8 Å². The van der Waals surface area contributed by atoms with E-state index in [1.165, 1.54) is 6.92 Å². The number of ether oxygens (including phenoxy) is 1. The molecule has 0 amide bonds. The molecule has 0 saturated heterocycles. The van der Waals surface area contributed by atoms with Gasteiger partial charge in [0, 0.05) is 30.9 Å². The van der Waals surface area contributed by atoms with E-state index in [1.54, 1.807) is 18.3 Å². The molecule has 0 bridgehead atoms. The Kier molecular flexibility index (Phi) is 3.82. The minimum Gasteiger partial charge on any atom is -0.478 e. The van der Waals surface area contributed by atoms with Crippen LogP contribution in [0.1, 0.15) is 28.4 Å². The third-order valence-corrected chi connectivity index (χ3v) is 4.26. The van der Waals surface area contributed by atoms with Gasteiger partial charge in [-0.15, -0.1) is 0 Å². The zero-order valence-electron chi connectivity index (χ0n) is 13.7. The highest BCUT2D eigenvalue weighted by molar-refractivity contribution is 5.97. The Morgan fingerprint density at radius 2 is 2.20 bits per heavy atom. The van der Waals surface area contributed by atoms with E-state index in [9.17, 15) is 9.59 Å². The Balaban J connectivity index is 1.72. The molecule has 1 aromatic carbocycles. The molecule has 4 rings (SSSR count). The van der Waals surface area contributed by atoms with E-state index in [4.69, 9.17) is 9.15 Å². The average Bonchev–Trinajstić information content (AvgIpc) is 2.62. The van der Waals surface area contributed by atoms with E-state index in [-0.39, 0.29) is 11.3 Å². The number of ketones is 1. The van der Waals surface area contributed by atoms with Gasteiger partial charge in [0.2, 0.25) is 0 Å². The second-order valence-corrected chi connectivity index (χ2v) is 6.09. The SMILES string of the molecule is CC(=O)c1cc2ccc3c(c2oc1=O)CN(Cc1cccnc1)CO3. The second kappa shape index (κ2) is 6.14. The molecule has 2 aromatic heterocycles. The molecule has 6 heteroatoms. The number of pyridine rings is 1. The van der Waals surface area contributed by atoms with Crippen molar-refractivity contribution in [2.75, 3.05) is 6.73 Å². The van der Waals surface area contributed by atoms with Crippen molar-refractivity contribution in [3.63, 3.8) is 0 Å². The predicted molar refractivity (Wildman–Crippen MR) is 91.5 cm³/mol. The standard InChI is InChI=1S/C19H16N2O4/c1-12(22)15-7-14-4-5-17-16(18(14)25-19(15)23)10-21(11-24-17)9-13-3-2-6-20-8-13/h2-8H,9-11H2,1H3. The van der Waals surface area contributed by atoms with Crippen LogP contribution >= 0.6 is 0 Å². The quantitative estimate of drug-likeness (QED) is 0.541. The molecule has 0 unspecified atom stereocenters. The van der Waals surface area contributed by atoms with E-state index < -0.39 is 5.63 Å². The highest BCUT2D eigenvalue weighted by Gasteiger charge is 2.22. The Hall–Kier alpha value is -2.99. The third-order valence-electron chi connectivity index (χ3n) is 4.26. The lowest BCUT2D eigenvalue weighted by Gasteiger charge is -2.29. The smallest absolute Gasteiger partial charge is 0.347 e. The van der Waals surface area contributed by atoms with E-state index in [0.29, 0.717) is 31.2 Å². The summed E-state index contributed by atoms with van der Waals surface area (Å²) in [6.07, 6.45) is 3.55. The van der Waals surface area contributed by atoms with Gasteiger partial charge in [-0.3, -0.25) is 14.7 Å². The lowest BCUT2D eigenvalue weighted by atomic mass is 10.1. The molecule has 6 nitrogen and oxygen atoms in total. The van der Waals surface area contributed by atoms with Gasteiger partial charge in [-0.1, -0.05) is 6.07 Å². The summed E-state index contributed by atoms with van der Waals surface area (Å²) in [4.78, 5) is 29.9. The predicted octanol–water partition coefficient (Wildman–Crippen LogP) is 2.74. The van der Waals surface area contributed by atoms with Gasteiger partial charge in [-0.2, -0.15) is 0 Å². The number of Topliss-reactive ketones (excluding diaryl/α,β-unsaturated/α-hetero) is 1. The van der Waals surface area contributed by atoms with Gasteiger partial charge in [0.1, 0.15) is 23.6 Å². The summed E-state index contributed by atoms with van der Waals surface area (Å²) < 4.78 is 11.3. The zero-order valence-corrected chi connectivity index (χ0v) is 13.7. The molecule has 0 radical (unpaired) electrons. The maximum atomic E-state index is 12.1. The van der Waals surface area contributed by atoms with Crippen LogP contribution < -0.4 is 10.4 Å². The molecule has 0 aliphatic carbocycles. The highest BCUT2D eigenvalue weighted by atomic mass is 16.5. The van der Waals surface area contributed by atoms with Crippen molar-refractivity contribution in [3.8, 4) is 5.75 Å². The van der Waals surface area contributed by atoms with Crippen molar-refractivity contribution in [1.82, 2.24) is 9.88 Å². The van der Waals surface area contributed by atoms with Crippen LogP contribution in [0.2, 0.25) is 0 Å². The van der Waals surface area contributed by atoms with E-state index in [0.717, 1.165) is 16.5 Å². The molecule has 1 aliphatic heterocycles. The summed E-state index contributed by atoms with van der Waals surface area (Å²) in [6.45, 7) is 3.07. The molecule has 0 N–H and O–H groups in total. The van der Waals surface area contributed by atoms with Crippen LogP contribution in [-0.4, -0.2) is 22.4 Å². The zero-order chi connectivity index (χ0) is 17.4. The van der Waals surface area contributed by atoms with Crippen molar-refractivity contribution in [1.29, 1.82) is 0 Å². The number of carbonyl (C=O) groups is 1. The third kappa shape index (κ3) is 2.92. The van der Waals surface area contributed by atoms with Crippen LogP contribution in [0.3, 0.4) is 0 Å². The molecule has 0 spiro atoms. The van der Waals surface area contributed by atoms with Crippen LogP contribution in [-0.2, 0) is 13.1 Å². The fourth-order valence-electron chi connectivity index (χ4n) is 3.04. The lowest BCUT2D eigenvalue weighted by molar-refractivity contribution is 0.0888. The number of carbonyl (C=O) groups excluding carboxylic acids is 1. The van der Waals surface area contributed by atoms with Gasteiger partial charge in [-0.05, 0) is 36.8 Å². The summed E-state index contributed by atoms with van der Waals surface area (Å²) in [5.74, 6) is 0.400. The first-order valence-electron chi connectivity index (χ1n) is 7.96. The first-order chi connectivity index (χ1) is 12.1. The minimum atomic E-state index is -0.613. The first kappa shape index (κ1) is 15.5. The van der Waals surface area contributed by atoms with Gasteiger partial charge >= 0.3 is 5.63 Å². The summed E-state index contributed by atoms with van der Waals surface area (Å²) in [5, 5.41) is 0.718. The monoisotopic (exact) mass is 336 g/mol. The number of hydrogen-bond acceptors (Lipinski definition) is 6. The molecular formula is C19H16N2O4. The molecule has 25 heavy (non-hydrogen) atoms. The molecule has 3 heterocycles. The number of aromatic nitrogens is 1. The van der Waals surface area contributed by atoms with Crippen molar-refractivity contribution in [3.05, 3.63) is 69.8 Å². The van der Waals surface area contributed by atoms with Crippen LogP contribution in [0, 0.1) is 0 Å². The Bertz CT molecular complexity index is 1010. The fraction of sp³-hybridized carbons (Fsp3) is 0.211. The topological polar surface area (TPSA) is 72.6 Å². The van der Waals surface area contributed by atoms with Crippen LogP contribution in [0.5, 0.6) is 5.75 Å². The summed E-state index contributed by atoms with van der Waals surface area (Å²) in [5.41, 5.74) is 1.83. The Morgan fingerprint density at radius 3 is 2.96 bits per heavy atom. The minimum absolute atomic E-state index is 0.0661. The van der Waals surface area contributed by atoms with Crippen molar-refractivity contribution < 1.29 is 13.9 Å². The molecule has 1 aliphatic rings. The highest BCUT2D eigenvalue weighted by Crippen LogP contribution is 2.32. The molecule has 126 valence electrons. The van der Waals surface area contributed by atoms with E-state index in [1.807, 2.05) is 24.4 Å². The van der Waals surface area contributed by atoms with E-state index in [2.05, 4.69) is 9.88 Å². The maximum absolute atomic E-state index is 12.1. The Labute approximate surface area is 143 Å². The maximum Gasteiger partial charge on any atom is 0.347 e. The number of nitrogens with zero attached hydrogens (tertiary/aromatic N) is 2. The normalized spacial score (nSPS) is 14.1. The first-order valence-corrected chi connectivity index (χ1v) is 7.96. The van der Waals surface area contributed by atoms with Gasteiger partial charge in [-0.25, -0.2) is 4.79 Å².